The molecule has 0 amide bonds. The third-order valence-electron chi connectivity index (χ3n) is 3.34. The second kappa shape index (κ2) is 7.20. The maximum Gasteiger partial charge on any atom is 0.110 e. The van der Waals surface area contributed by atoms with Crippen molar-refractivity contribution in [1.29, 1.82) is 0 Å². The number of hydrogen-bond acceptors (Lipinski definition) is 3. The highest BCUT2D eigenvalue weighted by molar-refractivity contribution is 4.73. The quantitative estimate of drug-likeness (QED) is 0.670. The monoisotopic (exact) mass is 214 g/mol. The highest BCUT2D eigenvalue weighted by atomic mass is 16.5. The third kappa shape index (κ3) is 4.09. The van der Waals surface area contributed by atoms with Gasteiger partial charge in [-0.3, -0.25) is 4.90 Å². The van der Waals surface area contributed by atoms with Crippen LogP contribution in [0.25, 0.3) is 0 Å². The molecular weight excluding hydrogens is 188 g/mol. The first-order valence-electron chi connectivity index (χ1n) is 6.31. The van der Waals surface area contributed by atoms with Crippen LogP contribution in [-0.4, -0.2) is 55.9 Å². The summed E-state index contributed by atoms with van der Waals surface area (Å²) in [7, 11) is 1.84. The van der Waals surface area contributed by atoms with Crippen molar-refractivity contribution in [3.05, 3.63) is 0 Å². The van der Waals surface area contributed by atoms with E-state index < -0.39 is 0 Å². The molecule has 1 aliphatic heterocycles. The Kier molecular flexibility index (Phi) is 6.22. The first-order valence-corrected chi connectivity index (χ1v) is 6.31. The van der Waals surface area contributed by atoms with Gasteiger partial charge in [-0.25, -0.2) is 0 Å². The van der Waals surface area contributed by atoms with Gasteiger partial charge in [-0.05, 0) is 19.4 Å². The van der Waals surface area contributed by atoms with Crippen molar-refractivity contribution >= 4 is 0 Å². The van der Waals surface area contributed by atoms with Crippen LogP contribution >= 0.6 is 0 Å². The zero-order valence-corrected chi connectivity index (χ0v) is 10.5. The van der Waals surface area contributed by atoms with E-state index in [2.05, 4.69) is 23.6 Å². The Morgan fingerprint density at radius 3 is 2.27 bits per heavy atom. The molecule has 0 aliphatic carbocycles. The zero-order chi connectivity index (χ0) is 11.1. The molecule has 1 saturated heterocycles. The lowest BCUT2D eigenvalue weighted by molar-refractivity contribution is -0.0580. The van der Waals surface area contributed by atoms with Gasteiger partial charge in [0.1, 0.15) is 6.23 Å². The van der Waals surface area contributed by atoms with Gasteiger partial charge in [0.2, 0.25) is 0 Å². The Bertz CT molecular complexity index is 156. The highest BCUT2D eigenvalue weighted by Crippen LogP contribution is 2.12. The number of nitrogens with zero attached hydrogens (tertiary/aromatic N) is 2. The van der Waals surface area contributed by atoms with E-state index in [-0.39, 0.29) is 0 Å². The number of hydrogen-bond donors (Lipinski definition) is 0. The molecule has 0 radical (unpaired) electrons. The molecule has 15 heavy (non-hydrogen) atoms. The zero-order valence-electron chi connectivity index (χ0n) is 10.5. The van der Waals surface area contributed by atoms with E-state index in [1.165, 1.54) is 38.9 Å². The van der Waals surface area contributed by atoms with Crippen molar-refractivity contribution in [2.24, 2.45) is 0 Å². The van der Waals surface area contributed by atoms with E-state index in [9.17, 15) is 0 Å². The predicted octanol–water partition coefficient (Wildman–Crippen LogP) is 1.79. The normalized spacial score (nSPS) is 21.8. The average Bonchev–Trinajstić information content (AvgIpc) is 2.31. The van der Waals surface area contributed by atoms with Gasteiger partial charge >= 0.3 is 0 Å². The van der Waals surface area contributed by atoms with Crippen molar-refractivity contribution in [3.63, 3.8) is 0 Å². The van der Waals surface area contributed by atoms with Crippen molar-refractivity contribution in [2.45, 2.75) is 39.3 Å². The number of unbranched alkanes of at least 4 members (excludes halogenated alkanes) is 1. The molecule has 90 valence electrons. The van der Waals surface area contributed by atoms with Crippen LogP contribution in [0.4, 0.5) is 0 Å². The molecule has 1 unspecified atom stereocenters. The second-order valence-electron chi connectivity index (χ2n) is 4.30. The summed E-state index contributed by atoms with van der Waals surface area (Å²) in [6.07, 6.45) is 4.06. The van der Waals surface area contributed by atoms with Crippen LogP contribution < -0.4 is 0 Å². The van der Waals surface area contributed by atoms with Gasteiger partial charge in [0.05, 0.1) is 0 Å². The molecule has 0 aromatic heterocycles. The Labute approximate surface area is 94.4 Å². The van der Waals surface area contributed by atoms with E-state index in [1.807, 2.05) is 7.11 Å². The Balaban J connectivity index is 2.29. The fourth-order valence-electron chi connectivity index (χ4n) is 2.20. The van der Waals surface area contributed by atoms with Gasteiger partial charge in [0.15, 0.2) is 0 Å². The molecule has 1 atom stereocenters. The summed E-state index contributed by atoms with van der Waals surface area (Å²) in [5, 5.41) is 0. The molecule has 1 heterocycles. The van der Waals surface area contributed by atoms with Crippen LogP contribution in [0.1, 0.15) is 33.1 Å². The Morgan fingerprint density at radius 1 is 1.13 bits per heavy atom. The number of likely N-dealkylation sites (N-methyl/N-ethyl adjacent to an activating group) is 1. The lowest BCUT2D eigenvalue weighted by Crippen LogP contribution is -2.50. The number of rotatable bonds is 6. The molecule has 3 nitrogen and oxygen atoms in total. The van der Waals surface area contributed by atoms with E-state index in [1.54, 1.807) is 0 Å². The van der Waals surface area contributed by atoms with Gasteiger partial charge in [-0.1, -0.05) is 20.3 Å². The molecule has 0 aromatic carbocycles. The first kappa shape index (κ1) is 12.9. The van der Waals surface area contributed by atoms with Gasteiger partial charge in [0.25, 0.3) is 0 Å². The molecule has 0 spiro atoms. The summed E-state index contributed by atoms with van der Waals surface area (Å²) in [6.45, 7) is 10.4. The summed E-state index contributed by atoms with van der Waals surface area (Å²) in [4.78, 5) is 4.99. The summed E-state index contributed by atoms with van der Waals surface area (Å²) < 4.78 is 5.57. The van der Waals surface area contributed by atoms with Crippen molar-refractivity contribution in [3.8, 4) is 0 Å². The van der Waals surface area contributed by atoms with E-state index in [0.717, 1.165) is 13.1 Å². The Morgan fingerprint density at radius 2 is 1.80 bits per heavy atom. The van der Waals surface area contributed by atoms with Gasteiger partial charge in [-0.2, -0.15) is 0 Å². The maximum atomic E-state index is 5.57. The van der Waals surface area contributed by atoms with Crippen LogP contribution in [-0.2, 0) is 4.74 Å². The number of methoxy groups -OCH3 is 1. The number of ether oxygens (including phenoxy) is 1. The van der Waals surface area contributed by atoms with Crippen molar-refractivity contribution in [1.82, 2.24) is 9.80 Å². The minimum Gasteiger partial charge on any atom is -0.366 e. The van der Waals surface area contributed by atoms with Crippen molar-refractivity contribution < 1.29 is 4.74 Å². The molecule has 0 bridgehead atoms. The summed E-state index contributed by atoms with van der Waals surface area (Å²) >= 11 is 0. The first-order chi connectivity index (χ1) is 7.31. The molecular formula is C12H26N2O. The highest BCUT2D eigenvalue weighted by Gasteiger charge is 2.22. The molecule has 0 saturated carbocycles. The molecule has 1 rings (SSSR count). The average molecular weight is 214 g/mol. The van der Waals surface area contributed by atoms with Crippen LogP contribution in [0.15, 0.2) is 0 Å². The van der Waals surface area contributed by atoms with E-state index in [0.29, 0.717) is 6.23 Å². The SMILES string of the molecule is CCCCC(OC)N1CCN(CC)CC1. The third-order valence-corrected chi connectivity index (χ3v) is 3.34. The van der Waals surface area contributed by atoms with Gasteiger partial charge in [-0.15, -0.1) is 0 Å². The molecule has 0 aromatic rings. The molecule has 0 N–H and O–H groups in total. The van der Waals surface area contributed by atoms with E-state index >= 15 is 0 Å². The van der Waals surface area contributed by atoms with Crippen molar-refractivity contribution in [2.75, 3.05) is 39.8 Å². The maximum absolute atomic E-state index is 5.57. The lowest BCUT2D eigenvalue weighted by Gasteiger charge is -2.38. The summed E-state index contributed by atoms with van der Waals surface area (Å²) in [5.74, 6) is 0. The summed E-state index contributed by atoms with van der Waals surface area (Å²) in [6, 6.07) is 0. The minimum absolute atomic E-state index is 0.351. The summed E-state index contributed by atoms with van der Waals surface area (Å²) in [5.41, 5.74) is 0. The topological polar surface area (TPSA) is 15.7 Å². The molecule has 1 aliphatic rings. The molecule has 3 heteroatoms. The van der Waals surface area contributed by atoms with Crippen LogP contribution in [0.5, 0.6) is 0 Å². The molecule has 1 fully saturated rings. The fraction of sp³-hybridized carbons (Fsp3) is 1.00. The Hall–Kier alpha value is -0.120. The smallest absolute Gasteiger partial charge is 0.110 e. The second-order valence-corrected chi connectivity index (χ2v) is 4.30. The van der Waals surface area contributed by atoms with Crippen LogP contribution in [0.3, 0.4) is 0 Å². The standard InChI is InChI=1S/C12H26N2O/c1-4-6-7-12(15-3)14-10-8-13(5-2)9-11-14/h12H,4-11H2,1-3H3. The lowest BCUT2D eigenvalue weighted by atomic mass is 10.2. The predicted molar refractivity (Wildman–Crippen MR) is 64.0 cm³/mol. The largest absolute Gasteiger partial charge is 0.366 e. The van der Waals surface area contributed by atoms with Crippen LogP contribution in [0, 0.1) is 0 Å². The minimum atomic E-state index is 0.351. The van der Waals surface area contributed by atoms with Gasteiger partial charge in [0, 0.05) is 33.3 Å². The van der Waals surface area contributed by atoms with Gasteiger partial charge < -0.3 is 9.64 Å². The number of piperazine rings is 1. The van der Waals surface area contributed by atoms with E-state index in [4.69, 9.17) is 4.74 Å². The fourth-order valence-corrected chi connectivity index (χ4v) is 2.20. The van der Waals surface area contributed by atoms with Crippen LogP contribution in [0.2, 0.25) is 0 Å².